The number of carbonyl (C=O) groups excluding carboxylic acids is 1. The minimum atomic E-state index is 0.125. The Morgan fingerprint density at radius 1 is 1.45 bits per heavy atom. The molecule has 0 bridgehead atoms. The normalized spacial score (nSPS) is 39.5. The first-order valence-corrected chi connectivity index (χ1v) is 8.72. The lowest BCUT2D eigenvalue weighted by Crippen LogP contribution is -2.50. The fourth-order valence-corrected chi connectivity index (χ4v) is 4.83. The first-order chi connectivity index (χ1) is 10.2. The van der Waals surface area contributed by atoms with Crippen molar-refractivity contribution < 1.29 is 9.90 Å². The molecule has 22 heavy (non-hydrogen) atoms. The van der Waals surface area contributed by atoms with Gasteiger partial charge in [0.25, 0.3) is 0 Å². The Kier molecular flexibility index (Phi) is 5.01. The number of hydrogen-bond acceptors (Lipinski definition) is 2. The van der Waals surface area contributed by atoms with Gasteiger partial charge in [0.2, 0.25) is 0 Å². The third-order valence-electron chi connectivity index (χ3n) is 6.97. The third-order valence-corrected chi connectivity index (χ3v) is 6.97. The van der Waals surface area contributed by atoms with Gasteiger partial charge in [-0.1, -0.05) is 38.0 Å². The van der Waals surface area contributed by atoms with Crippen LogP contribution in [0, 0.1) is 22.7 Å². The van der Waals surface area contributed by atoms with Crippen LogP contribution in [0.25, 0.3) is 0 Å². The van der Waals surface area contributed by atoms with Gasteiger partial charge in [0.1, 0.15) is 0 Å². The Labute approximate surface area is 135 Å². The Morgan fingerprint density at radius 2 is 2.14 bits per heavy atom. The Morgan fingerprint density at radius 3 is 2.77 bits per heavy atom. The minimum Gasteiger partial charge on any atom is -0.392 e. The van der Waals surface area contributed by atoms with Crippen LogP contribution in [0.5, 0.6) is 0 Å². The van der Waals surface area contributed by atoms with E-state index in [-0.39, 0.29) is 17.4 Å². The van der Waals surface area contributed by atoms with Gasteiger partial charge in [-0.15, -0.1) is 0 Å². The second kappa shape index (κ2) is 6.31. The molecule has 0 amide bonds. The summed E-state index contributed by atoms with van der Waals surface area (Å²) in [4.78, 5) is 12.2. The van der Waals surface area contributed by atoms with E-state index >= 15 is 0 Å². The van der Waals surface area contributed by atoms with Crippen LogP contribution in [0.15, 0.2) is 23.3 Å². The van der Waals surface area contributed by atoms with Gasteiger partial charge in [-0.25, -0.2) is 0 Å². The van der Waals surface area contributed by atoms with Gasteiger partial charge in [-0.3, -0.25) is 4.79 Å². The molecule has 2 aliphatic rings. The average molecular weight is 304 g/mol. The molecule has 2 aliphatic carbocycles. The zero-order valence-corrected chi connectivity index (χ0v) is 14.9. The molecule has 124 valence electrons. The number of carbonyl (C=O) groups is 1. The Hall–Kier alpha value is -0.890. The van der Waals surface area contributed by atoms with Gasteiger partial charge >= 0.3 is 0 Å². The van der Waals surface area contributed by atoms with E-state index < -0.39 is 0 Å². The zero-order valence-electron chi connectivity index (χ0n) is 14.9. The van der Waals surface area contributed by atoms with E-state index in [0.717, 1.165) is 12.8 Å². The number of fused-ring (bicyclic) bond motifs is 1. The van der Waals surface area contributed by atoms with Gasteiger partial charge in [0, 0.05) is 6.42 Å². The highest BCUT2D eigenvalue weighted by atomic mass is 16.2. The lowest BCUT2D eigenvalue weighted by Gasteiger charge is -2.57. The highest BCUT2D eigenvalue weighted by molar-refractivity contribution is 5.92. The molecule has 0 unspecified atom stereocenters. The summed E-state index contributed by atoms with van der Waals surface area (Å²) in [5.74, 6) is 1.40. The fourth-order valence-electron chi connectivity index (χ4n) is 4.83. The number of rotatable bonds is 4. The van der Waals surface area contributed by atoms with Crippen LogP contribution in [0.4, 0.5) is 0 Å². The van der Waals surface area contributed by atoms with Crippen LogP contribution >= 0.6 is 0 Å². The van der Waals surface area contributed by atoms with E-state index in [9.17, 15) is 4.79 Å². The molecule has 2 rings (SSSR count). The van der Waals surface area contributed by atoms with Crippen molar-refractivity contribution in [1.82, 2.24) is 0 Å². The maximum Gasteiger partial charge on any atom is 0.155 e. The molecule has 0 aliphatic heterocycles. The van der Waals surface area contributed by atoms with Crippen LogP contribution in [-0.2, 0) is 4.79 Å². The molecule has 0 aromatic heterocycles. The van der Waals surface area contributed by atoms with Crippen LogP contribution in [0.2, 0.25) is 0 Å². The predicted octanol–water partition coefficient (Wildman–Crippen LogP) is 4.68. The summed E-state index contributed by atoms with van der Waals surface area (Å²) in [5, 5.41) is 9.06. The zero-order chi connectivity index (χ0) is 16.5. The first kappa shape index (κ1) is 17.5. The molecule has 0 radical (unpaired) electrons. The first-order valence-electron chi connectivity index (χ1n) is 8.72. The molecule has 0 spiro atoms. The Bertz CT molecular complexity index is 502. The van der Waals surface area contributed by atoms with Crippen LogP contribution in [0.3, 0.4) is 0 Å². The molecule has 2 heteroatoms. The number of hydrogen-bond donors (Lipinski definition) is 1. The maximum atomic E-state index is 12.2. The monoisotopic (exact) mass is 304 g/mol. The number of aliphatic hydroxyl groups is 1. The van der Waals surface area contributed by atoms with Crippen molar-refractivity contribution in [3.8, 4) is 0 Å². The molecule has 2 nitrogen and oxygen atoms in total. The van der Waals surface area contributed by atoms with Crippen molar-refractivity contribution in [2.45, 2.75) is 66.7 Å². The SMILES string of the molecule is CC1=CC(=O)C[C@@H]2[C@@](C)(CC/C(C)=C/CO)[C@H](C)CC[C@@]12C. The van der Waals surface area contributed by atoms with Crippen molar-refractivity contribution in [1.29, 1.82) is 0 Å². The van der Waals surface area contributed by atoms with E-state index in [2.05, 4.69) is 34.6 Å². The molecular formula is C20H32O2. The van der Waals surface area contributed by atoms with Crippen molar-refractivity contribution in [3.05, 3.63) is 23.3 Å². The van der Waals surface area contributed by atoms with Gasteiger partial charge in [0.15, 0.2) is 5.78 Å². The van der Waals surface area contributed by atoms with Gasteiger partial charge in [0.05, 0.1) is 6.61 Å². The van der Waals surface area contributed by atoms with E-state index in [1.165, 1.54) is 24.0 Å². The minimum absolute atomic E-state index is 0.125. The van der Waals surface area contributed by atoms with E-state index in [1.54, 1.807) is 0 Å². The standard InChI is InChI=1S/C20H32O2/c1-14(8-11-21)6-9-19(4)15(2)7-10-20(5)16(3)12-17(22)13-18(19)20/h8,12,15,18,21H,6-7,9-11,13H2,1-5H3/b14-8+/t15-,18-,19+,20+/m1/s1. The molecular weight excluding hydrogens is 272 g/mol. The molecule has 1 saturated carbocycles. The smallest absolute Gasteiger partial charge is 0.155 e. The topological polar surface area (TPSA) is 37.3 Å². The summed E-state index contributed by atoms with van der Waals surface area (Å²) in [7, 11) is 0. The Balaban J connectivity index is 2.30. The third kappa shape index (κ3) is 2.95. The fraction of sp³-hybridized carbons (Fsp3) is 0.750. The van der Waals surface area contributed by atoms with Gasteiger partial charge in [-0.2, -0.15) is 0 Å². The predicted molar refractivity (Wildman–Crippen MR) is 91.6 cm³/mol. The van der Waals surface area contributed by atoms with Crippen molar-refractivity contribution in [2.75, 3.05) is 6.61 Å². The molecule has 0 aromatic rings. The summed E-state index contributed by atoms with van der Waals surface area (Å²) in [6, 6.07) is 0. The number of aliphatic hydroxyl groups excluding tert-OH is 1. The number of ketones is 1. The van der Waals surface area contributed by atoms with E-state index in [4.69, 9.17) is 5.11 Å². The van der Waals surface area contributed by atoms with Crippen molar-refractivity contribution in [3.63, 3.8) is 0 Å². The lowest BCUT2D eigenvalue weighted by atomic mass is 9.47. The summed E-state index contributed by atoms with van der Waals surface area (Å²) in [6.07, 6.45) is 9.08. The quantitative estimate of drug-likeness (QED) is 0.765. The second-order valence-corrected chi connectivity index (χ2v) is 8.15. The summed E-state index contributed by atoms with van der Waals surface area (Å²) in [5.41, 5.74) is 2.93. The molecule has 0 heterocycles. The van der Waals surface area contributed by atoms with Crippen molar-refractivity contribution >= 4 is 5.78 Å². The molecule has 0 saturated heterocycles. The molecule has 1 N–H and O–H groups in total. The largest absolute Gasteiger partial charge is 0.392 e. The van der Waals surface area contributed by atoms with Crippen LogP contribution in [0.1, 0.15) is 66.7 Å². The van der Waals surface area contributed by atoms with Crippen LogP contribution in [-0.4, -0.2) is 17.5 Å². The number of allylic oxidation sites excluding steroid dienone is 3. The van der Waals surface area contributed by atoms with Crippen molar-refractivity contribution in [2.24, 2.45) is 22.7 Å². The van der Waals surface area contributed by atoms with E-state index in [0.29, 0.717) is 24.0 Å². The summed E-state index contributed by atoms with van der Waals surface area (Å²) < 4.78 is 0. The molecule has 1 fully saturated rings. The summed E-state index contributed by atoms with van der Waals surface area (Å²) in [6.45, 7) is 11.5. The average Bonchev–Trinajstić information content (AvgIpc) is 2.45. The highest BCUT2D eigenvalue weighted by Gasteiger charge is 2.54. The maximum absolute atomic E-state index is 12.2. The second-order valence-electron chi connectivity index (χ2n) is 8.15. The van der Waals surface area contributed by atoms with E-state index in [1.807, 2.05) is 12.2 Å². The van der Waals surface area contributed by atoms with Gasteiger partial charge in [-0.05, 0) is 68.3 Å². The molecule has 0 aromatic carbocycles. The van der Waals surface area contributed by atoms with Crippen LogP contribution < -0.4 is 0 Å². The van der Waals surface area contributed by atoms with Gasteiger partial charge < -0.3 is 5.11 Å². The highest BCUT2D eigenvalue weighted by Crippen LogP contribution is 2.61. The summed E-state index contributed by atoms with van der Waals surface area (Å²) >= 11 is 0. The molecule has 4 atom stereocenters. The lowest BCUT2D eigenvalue weighted by molar-refractivity contribution is -0.123.